The molecule has 3 aromatic rings. The molecule has 5 heteroatoms. The van der Waals surface area contributed by atoms with Gasteiger partial charge in [-0.15, -0.1) is 0 Å². The summed E-state index contributed by atoms with van der Waals surface area (Å²) in [5, 5.41) is 4.50. The van der Waals surface area contributed by atoms with Gasteiger partial charge in [0.2, 0.25) is 0 Å². The summed E-state index contributed by atoms with van der Waals surface area (Å²) in [6.45, 7) is 10.4. The molecule has 172 valence electrons. The Hall–Kier alpha value is -3.21. The second-order valence-corrected chi connectivity index (χ2v) is 9.98. The van der Waals surface area contributed by atoms with Crippen LogP contribution in [0, 0.1) is 6.92 Å². The first-order valence-corrected chi connectivity index (χ1v) is 11.4. The second-order valence-electron chi connectivity index (χ2n) is 9.98. The van der Waals surface area contributed by atoms with Crippen LogP contribution in [0.2, 0.25) is 0 Å². The Morgan fingerprint density at radius 3 is 2.45 bits per heavy atom. The van der Waals surface area contributed by atoms with Crippen molar-refractivity contribution < 1.29 is 13.9 Å². The highest BCUT2D eigenvalue weighted by Crippen LogP contribution is 2.49. The fourth-order valence-corrected chi connectivity index (χ4v) is 4.05. The molecule has 0 spiro atoms. The number of carbonyl (C=O) groups excluding carboxylic acids is 1. The number of hydrogen-bond donors (Lipinski definition) is 0. The number of nitrogens with zero attached hydrogens (tertiary/aromatic N) is 2. The minimum absolute atomic E-state index is 0.0608. The van der Waals surface area contributed by atoms with Gasteiger partial charge in [-0.05, 0) is 65.6 Å². The number of benzene rings is 2. The van der Waals surface area contributed by atoms with E-state index in [4.69, 9.17) is 4.74 Å². The van der Waals surface area contributed by atoms with Gasteiger partial charge in [-0.2, -0.15) is 5.10 Å². The molecule has 1 heterocycles. The van der Waals surface area contributed by atoms with Crippen LogP contribution >= 0.6 is 0 Å². The Bertz CT molecular complexity index is 1200. The maximum absolute atomic E-state index is 15.0. The van der Waals surface area contributed by atoms with Gasteiger partial charge in [-0.1, -0.05) is 63.2 Å². The molecular formula is C28H31FN2O2. The van der Waals surface area contributed by atoms with Crippen LogP contribution in [0.25, 0.3) is 11.9 Å². The zero-order valence-corrected chi connectivity index (χ0v) is 20.0. The Balaban J connectivity index is 1.52. The van der Waals surface area contributed by atoms with Gasteiger partial charge in [0.1, 0.15) is 11.3 Å². The molecule has 2 aromatic carbocycles. The average Bonchev–Trinajstić information content (AvgIpc) is 3.43. The minimum atomic E-state index is -0.483. The Morgan fingerprint density at radius 1 is 1.15 bits per heavy atom. The highest BCUT2D eigenvalue weighted by Gasteiger charge is 2.48. The summed E-state index contributed by atoms with van der Waals surface area (Å²) in [5.41, 5.74) is 4.83. The lowest BCUT2D eigenvalue weighted by Gasteiger charge is -2.18. The van der Waals surface area contributed by atoms with E-state index in [-0.39, 0.29) is 17.2 Å². The molecule has 0 radical (unpaired) electrons. The highest BCUT2D eigenvalue weighted by atomic mass is 19.1. The third-order valence-corrected chi connectivity index (χ3v) is 6.12. The molecular weight excluding hydrogens is 415 g/mol. The number of esters is 1. The first-order chi connectivity index (χ1) is 15.6. The summed E-state index contributed by atoms with van der Waals surface area (Å²) in [7, 11) is 0. The molecule has 1 aliphatic carbocycles. The topological polar surface area (TPSA) is 44.1 Å². The van der Waals surface area contributed by atoms with Crippen molar-refractivity contribution in [3.8, 4) is 0 Å². The smallest absolute Gasteiger partial charge is 0.303 e. The molecule has 1 saturated carbocycles. The van der Waals surface area contributed by atoms with Gasteiger partial charge in [0.25, 0.3) is 0 Å². The lowest BCUT2D eigenvalue weighted by molar-refractivity contribution is -0.149. The van der Waals surface area contributed by atoms with Crippen molar-refractivity contribution in [2.45, 2.75) is 65.0 Å². The van der Waals surface area contributed by atoms with Crippen molar-refractivity contribution >= 4 is 17.9 Å². The van der Waals surface area contributed by atoms with E-state index in [0.29, 0.717) is 12.2 Å². The normalized spacial score (nSPS) is 15.4. The van der Waals surface area contributed by atoms with Crippen molar-refractivity contribution in [1.82, 2.24) is 9.78 Å². The van der Waals surface area contributed by atoms with Gasteiger partial charge >= 0.3 is 5.97 Å². The SMILES string of the molecule is CC(=O)OC1(c2cccc(Cn3nc(/C(F)=C/c4ccc(C(C)(C)C)cc4)cc3C)c2)CC1. The first kappa shape index (κ1) is 23.0. The Morgan fingerprint density at radius 2 is 1.85 bits per heavy atom. The van der Waals surface area contributed by atoms with E-state index in [0.717, 1.165) is 35.2 Å². The van der Waals surface area contributed by atoms with Crippen LogP contribution in [-0.2, 0) is 27.1 Å². The number of ether oxygens (including phenoxy) is 1. The van der Waals surface area contributed by atoms with E-state index in [1.807, 2.05) is 49.4 Å². The van der Waals surface area contributed by atoms with Gasteiger partial charge in [0.15, 0.2) is 5.83 Å². The number of halogens is 1. The van der Waals surface area contributed by atoms with Crippen LogP contribution in [0.3, 0.4) is 0 Å². The summed E-state index contributed by atoms with van der Waals surface area (Å²) < 4.78 is 22.3. The minimum Gasteiger partial charge on any atom is -0.454 e. The van der Waals surface area contributed by atoms with E-state index < -0.39 is 5.60 Å². The van der Waals surface area contributed by atoms with Crippen LogP contribution in [0.4, 0.5) is 4.39 Å². The molecule has 0 amide bonds. The second kappa shape index (κ2) is 8.62. The van der Waals surface area contributed by atoms with E-state index in [9.17, 15) is 9.18 Å². The molecule has 0 atom stereocenters. The van der Waals surface area contributed by atoms with E-state index in [1.54, 1.807) is 10.7 Å². The maximum atomic E-state index is 15.0. The van der Waals surface area contributed by atoms with Crippen LogP contribution in [0.1, 0.15) is 74.2 Å². The molecule has 0 unspecified atom stereocenters. The lowest BCUT2D eigenvalue weighted by atomic mass is 9.87. The first-order valence-electron chi connectivity index (χ1n) is 11.4. The quantitative estimate of drug-likeness (QED) is 0.403. The average molecular weight is 447 g/mol. The van der Waals surface area contributed by atoms with Gasteiger partial charge < -0.3 is 4.74 Å². The van der Waals surface area contributed by atoms with Crippen molar-refractivity contribution in [1.29, 1.82) is 0 Å². The molecule has 0 saturated heterocycles. The van der Waals surface area contributed by atoms with Crippen molar-refractivity contribution in [3.05, 3.63) is 88.2 Å². The molecule has 1 fully saturated rings. The van der Waals surface area contributed by atoms with Crippen LogP contribution in [0.15, 0.2) is 54.6 Å². The highest BCUT2D eigenvalue weighted by molar-refractivity contribution is 5.75. The molecule has 1 aliphatic rings. The summed E-state index contributed by atoms with van der Waals surface area (Å²) in [5.74, 6) is -0.623. The molecule has 0 N–H and O–H groups in total. The van der Waals surface area contributed by atoms with Crippen LogP contribution < -0.4 is 0 Å². The fraction of sp³-hybridized carbons (Fsp3) is 0.357. The van der Waals surface area contributed by atoms with Gasteiger partial charge in [-0.25, -0.2) is 4.39 Å². The van der Waals surface area contributed by atoms with E-state index >= 15 is 0 Å². The summed E-state index contributed by atoms with van der Waals surface area (Å²) in [6, 6.07) is 17.7. The van der Waals surface area contributed by atoms with Gasteiger partial charge in [-0.3, -0.25) is 9.48 Å². The van der Waals surface area contributed by atoms with Gasteiger partial charge in [0, 0.05) is 12.6 Å². The third-order valence-electron chi connectivity index (χ3n) is 6.12. The summed E-state index contributed by atoms with van der Waals surface area (Å²) in [4.78, 5) is 11.5. The lowest BCUT2D eigenvalue weighted by Crippen LogP contribution is -2.16. The predicted octanol–water partition coefficient (Wildman–Crippen LogP) is 6.56. The molecule has 0 aliphatic heterocycles. The fourth-order valence-electron chi connectivity index (χ4n) is 4.05. The van der Waals surface area contributed by atoms with Gasteiger partial charge in [0.05, 0.1) is 6.54 Å². The zero-order chi connectivity index (χ0) is 23.8. The largest absolute Gasteiger partial charge is 0.454 e. The Kier molecular flexibility index (Phi) is 6.00. The van der Waals surface area contributed by atoms with Crippen molar-refractivity contribution in [2.75, 3.05) is 0 Å². The molecule has 33 heavy (non-hydrogen) atoms. The third kappa shape index (κ3) is 5.24. The van der Waals surface area contributed by atoms with E-state index in [2.05, 4.69) is 31.9 Å². The molecule has 1 aromatic heterocycles. The van der Waals surface area contributed by atoms with Crippen molar-refractivity contribution in [2.24, 2.45) is 0 Å². The molecule has 0 bridgehead atoms. The number of aromatic nitrogens is 2. The van der Waals surface area contributed by atoms with Crippen LogP contribution in [-0.4, -0.2) is 15.7 Å². The Labute approximate surface area is 195 Å². The number of aryl methyl sites for hydroxylation is 1. The number of carbonyl (C=O) groups is 1. The predicted molar refractivity (Wildman–Crippen MR) is 129 cm³/mol. The molecule has 4 nitrogen and oxygen atoms in total. The number of rotatable bonds is 6. The standard InChI is InChI=1S/C28H31FN2O2/c1-19-15-26(25(29)17-21-9-11-23(12-10-21)27(3,4)5)30-31(19)18-22-7-6-8-24(16-22)28(13-14-28)33-20(2)32/h6-12,15-17H,13-14,18H2,1-5H3/b25-17-. The number of hydrogen-bond acceptors (Lipinski definition) is 3. The summed E-state index contributed by atoms with van der Waals surface area (Å²) >= 11 is 0. The zero-order valence-electron chi connectivity index (χ0n) is 20.0. The summed E-state index contributed by atoms with van der Waals surface area (Å²) in [6.07, 6.45) is 3.20. The van der Waals surface area contributed by atoms with E-state index in [1.165, 1.54) is 18.6 Å². The molecule has 4 rings (SSSR count). The maximum Gasteiger partial charge on any atom is 0.303 e. The monoisotopic (exact) mass is 446 g/mol. The van der Waals surface area contributed by atoms with Crippen molar-refractivity contribution in [3.63, 3.8) is 0 Å². The van der Waals surface area contributed by atoms with Crippen LogP contribution in [0.5, 0.6) is 0 Å².